The number of nitrogens with zero attached hydrogens (tertiary/aromatic N) is 1. The summed E-state index contributed by atoms with van der Waals surface area (Å²) >= 11 is 0. The molecule has 0 bridgehead atoms. The molecule has 1 aliphatic heterocycles. The number of hydrogen-bond donors (Lipinski definition) is 1. The number of rotatable bonds is 5. The van der Waals surface area contributed by atoms with Crippen molar-refractivity contribution in [1.82, 2.24) is 4.31 Å². The summed E-state index contributed by atoms with van der Waals surface area (Å²) in [7, 11) is -3.37. The van der Waals surface area contributed by atoms with E-state index in [9.17, 15) is 13.2 Å². The van der Waals surface area contributed by atoms with Gasteiger partial charge in [-0.3, -0.25) is 4.79 Å². The van der Waals surface area contributed by atoms with E-state index in [2.05, 4.69) is 17.4 Å². The predicted molar refractivity (Wildman–Crippen MR) is 117 cm³/mol. The van der Waals surface area contributed by atoms with Crippen LogP contribution in [0.15, 0.2) is 36.4 Å². The van der Waals surface area contributed by atoms with E-state index >= 15 is 0 Å². The molecule has 0 aromatic heterocycles. The molecule has 0 radical (unpaired) electrons. The SMILES string of the molecule is Cc1ccc(CS(=O)(=O)N2CCC(C(=O)Nc3c(C)cc(C)cc3C)CC2)cc1. The Labute approximate surface area is 174 Å². The molecule has 156 valence electrons. The highest BCUT2D eigenvalue weighted by molar-refractivity contribution is 7.88. The lowest BCUT2D eigenvalue weighted by molar-refractivity contribution is -0.120. The summed E-state index contributed by atoms with van der Waals surface area (Å²) in [6.07, 6.45) is 1.09. The fourth-order valence-corrected chi connectivity index (χ4v) is 5.55. The number of hydrogen-bond acceptors (Lipinski definition) is 3. The minimum absolute atomic E-state index is 0.00585. The van der Waals surface area contributed by atoms with Crippen molar-refractivity contribution in [2.45, 2.75) is 46.3 Å². The normalized spacial score (nSPS) is 16.0. The quantitative estimate of drug-likeness (QED) is 0.801. The first kappa shape index (κ1) is 21.5. The van der Waals surface area contributed by atoms with Crippen LogP contribution in [0.3, 0.4) is 0 Å². The van der Waals surface area contributed by atoms with Crippen LogP contribution in [-0.4, -0.2) is 31.7 Å². The van der Waals surface area contributed by atoms with Gasteiger partial charge in [-0.1, -0.05) is 47.5 Å². The first-order valence-corrected chi connectivity index (χ1v) is 11.7. The van der Waals surface area contributed by atoms with Gasteiger partial charge in [-0.15, -0.1) is 0 Å². The Hall–Kier alpha value is -2.18. The number of benzene rings is 2. The Morgan fingerprint density at radius 2 is 1.52 bits per heavy atom. The van der Waals surface area contributed by atoms with E-state index in [0.717, 1.165) is 27.9 Å². The second-order valence-corrected chi connectivity index (χ2v) is 10.1. The lowest BCUT2D eigenvalue weighted by Crippen LogP contribution is -2.42. The number of nitrogens with one attached hydrogen (secondary N) is 1. The van der Waals surface area contributed by atoms with Gasteiger partial charge in [0.2, 0.25) is 15.9 Å². The molecule has 1 heterocycles. The number of piperidine rings is 1. The van der Waals surface area contributed by atoms with Gasteiger partial charge in [-0.2, -0.15) is 0 Å². The zero-order valence-electron chi connectivity index (χ0n) is 17.7. The summed E-state index contributed by atoms with van der Waals surface area (Å²) in [6, 6.07) is 11.7. The standard InChI is InChI=1S/C23H30N2O3S/c1-16-5-7-20(8-6-16)15-29(27,28)25-11-9-21(10-12-25)23(26)24-22-18(3)13-17(2)14-19(22)4/h5-8,13-14,21H,9-12,15H2,1-4H3,(H,24,26). The molecule has 1 aliphatic rings. The molecule has 0 aliphatic carbocycles. The van der Waals surface area contributed by atoms with Gasteiger partial charge in [0.15, 0.2) is 0 Å². The summed E-state index contributed by atoms with van der Waals surface area (Å²) in [6.45, 7) is 8.79. The van der Waals surface area contributed by atoms with Crippen LogP contribution < -0.4 is 5.32 Å². The summed E-state index contributed by atoms with van der Waals surface area (Å²) in [5.74, 6) is -0.178. The molecule has 0 saturated carbocycles. The van der Waals surface area contributed by atoms with Crippen molar-refractivity contribution in [2.75, 3.05) is 18.4 Å². The van der Waals surface area contributed by atoms with Gasteiger partial charge in [-0.25, -0.2) is 12.7 Å². The van der Waals surface area contributed by atoms with Gasteiger partial charge in [0.25, 0.3) is 0 Å². The van der Waals surface area contributed by atoms with Crippen LogP contribution in [0.4, 0.5) is 5.69 Å². The monoisotopic (exact) mass is 414 g/mol. The van der Waals surface area contributed by atoms with Gasteiger partial charge < -0.3 is 5.32 Å². The molecule has 2 aromatic rings. The highest BCUT2D eigenvalue weighted by Gasteiger charge is 2.31. The third-order valence-electron chi connectivity index (χ3n) is 5.61. The molecule has 0 unspecified atom stereocenters. The number of carbonyl (C=O) groups excluding carboxylic acids is 1. The maximum atomic E-state index is 12.8. The molecular formula is C23H30N2O3S. The van der Waals surface area contributed by atoms with Crippen LogP contribution in [-0.2, 0) is 20.6 Å². The Balaban J connectivity index is 1.59. The largest absolute Gasteiger partial charge is 0.325 e. The van der Waals surface area contributed by atoms with Gasteiger partial charge >= 0.3 is 0 Å². The average molecular weight is 415 g/mol. The molecule has 1 N–H and O–H groups in total. The number of sulfonamides is 1. The van der Waals surface area contributed by atoms with Gasteiger partial charge in [0.1, 0.15) is 0 Å². The fourth-order valence-electron chi connectivity index (χ4n) is 3.98. The van der Waals surface area contributed by atoms with E-state index in [4.69, 9.17) is 0 Å². The van der Waals surface area contributed by atoms with Crippen molar-refractivity contribution in [3.8, 4) is 0 Å². The van der Waals surface area contributed by atoms with Crippen molar-refractivity contribution >= 4 is 21.6 Å². The molecule has 3 rings (SSSR count). The van der Waals surface area contributed by atoms with E-state index in [1.807, 2.05) is 52.0 Å². The molecule has 29 heavy (non-hydrogen) atoms. The molecule has 2 aromatic carbocycles. The summed E-state index contributed by atoms with van der Waals surface area (Å²) in [5, 5.41) is 3.07. The highest BCUT2D eigenvalue weighted by Crippen LogP contribution is 2.26. The van der Waals surface area contributed by atoms with Crippen LogP contribution in [0.2, 0.25) is 0 Å². The molecule has 1 saturated heterocycles. The van der Waals surface area contributed by atoms with Crippen molar-refractivity contribution in [1.29, 1.82) is 0 Å². The van der Waals surface area contributed by atoms with Crippen molar-refractivity contribution in [3.05, 3.63) is 64.2 Å². The Bertz CT molecular complexity index is 966. The minimum Gasteiger partial charge on any atom is -0.325 e. The number of amides is 1. The first-order chi connectivity index (χ1) is 13.7. The predicted octanol–water partition coefficient (Wildman–Crippen LogP) is 4.10. The van der Waals surface area contributed by atoms with Crippen LogP contribution in [0.1, 0.15) is 40.7 Å². The summed E-state index contributed by atoms with van der Waals surface area (Å²) < 4.78 is 27.0. The molecule has 0 atom stereocenters. The molecule has 1 amide bonds. The van der Waals surface area contributed by atoms with E-state index in [1.165, 1.54) is 9.87 Å². The summed E-state index contributed by atoms with van der Waals surface area (Å²) in [4.78, 5) is 12.8. The number of anilines is 1. The van der Waals surface area contributed by atoms with E-state index in [-0.39, 0.29) is 17.6 Å². The summed E-state index contributed by atoms with van der Waals surface area (Å²) in [5.41, 5.74) is 6.04. The molecule has 6 heteroatoms. The van der Waals surface area contributed by atoms with Crippen LogP contribution in [0.5, 0.6) is 0 Å². The molecule has 0 spiro atoms. The average Bonchev–Trinajstić information content (AvgIpc) is 2.66. The third-order valence-corrected chi connectivity index (χ3v) is 7.46. The molecule has 1 fully saturated rings. The third kappa shape index (κ3) is 5.25. The second-order valence-electron chi connectivity index (χ2n) is 8.18. The van der Waals surface area contributed by atoms with E-state index < -0.39 is 10.0 Å². The maximum Gasteiger partial charge on any atom is 0.227 e. The van der Waals surface area contributed by atoms with Crippen LogP contribution >= 0.6 is 0 Å². The zero-order chi connectivity index (χ0) is 21.2. The van der Waals surface area contributed by atoms with Crippen molar-refractivity contribution < 1.29 is 13.2 Å². The lowest BCUT2D eigenvalue weighted by Gasteiger charge is -2.31. The lowest BCUT2D eigenvalue weighted by atomic mass is 9.96. The zero-order valence-corrected chi connectivity index (χ0v) is 18.5. The van der Waals surface area contributed by atoms with Crippen LogP contribution in [0.25, 0.3) is 0 Å². The Kier molecular flexibility index (Phi) is 6.44. The Morgan fingerprint density at radius 3 is 2.07 bits per heavy atom. The highest BCUT2D eigenvalue weighted by atomic mass is 32.2. The second kappa shape index (κ2) is 8.67. The van der Waals surface area contributed by atoms with Crippen molar-refractivity contribution in [3.63, 3.8) is 0 Å². The minimum atomic E-state index is -3.37. The molecular weight excluding hydrogens is 384 g/mol. The Morgan fingerprint density at radius 1 is 0.966 bits per heavy atom. The van der Waals surface area contributed by atoms with Gasteiger partial charge in [0, 0.05) is 24.7 Å². The van der Waals surface area contributed by atoms with E-state index in [1.54, 1.807) is 0 Å². The fraction of sp³-hybridized carbons (Fsp3) is 0.435. The number of aryl methyl sites for hydroxylation is 4. The molecule has 5 nitrogen and oxygen atoms in total. The van der Waals surface area contributed by atoms with Crippen molar-refractivity contribution in [2.24, 2.45) is 5.92 Å². The number of carbonyl (C=O) groups is 1. The van der Waals surface area contributed by atoms with Gasteiger partial charge in [0.05, 0.1) is 5.75 Å². The van der Waals surface area contributed by atoms with Crippen LogP contribution in [0, 0.1) is 33.6 Å². The maximum absolute atomic E-state index is 12.8. The van der Waals surface area contributed by atoms with E-state index in [0.29, 0.717) is 25.9 Å². The van der Waals surface area contributed by atoms with Gasteiger partial charge in [-0.05, 0) is 57.2 Å². The first-order valence-electron chi connectivity index (χ1n) is 10.1. The smallest absolute Gasteiger partial charge is 0.227 e. The topological polar surface area (TPSA) is 66.5 Å².